The highest BCUT2D eigenvalue weighted by Crippen LogP contribution is 2.23. The summed E-state index contributed by atoms with van der Waals surface area (Å²) in [6.45, 7) is 5.24. The van der Waals surface area contributed by atoms with Gasteiger partial charge in [-0.3, -0.25) is 14.7 Å². The van der Waals surface area contributed by atoms with Crippen molar-refractivity contribution in [3.05, 3.63) is 35.6 Å². The van der Waals surface area contributed by atoms with E-state index in [0.717, 1.165) is 35.9 Å². The number of aryl methyl sites for hydroxylation is 1. The normalized spacial score (nSPS) is 16.2. The van der Waals surface area contributed by atoms with Gasteiger partial charge < -0.3 is 5.32 Å². The molecule has 6 heteroatoms. The van der Waals surface area contributed by atoms with Crippen molar-refractivity contribution < 1.29 is 4.79 Å². The van der Waals surface area contributed by atoms with E-state index in [0.29, 0.717) is 18.9 Å². The van der Waals surface area contributed by atoms with Crippen molar-refractivity contribution >= 4 is 17.2 Å². The number of nitrogens with zero attached hydrogens (tertiary/aromatic N) is 3. The van der Waals surface area contributed by atoms with Crippen molar-refractivity contribution in [1.29, 1.82) is 0 Å². The Bertz CT molecular complexity index is 652. The molecule has 5 nitrogen and oxygen atoms in total. The summed E-state index contributed by atoms with van der Waals surface area (Å²) < 4.78 is 0. The van der Waals surface area contributed by atoms with Gasteiger partial charge in [0, 0.05) is 42.3 Å². The van der Waals surface area contributed by atoms with Crippen LogP contribution in [0.3, 0.4) is 0 Å². The van der Waals surface area contributed by atoms with Gasteiger partial charge in [0.05, 0.1) is 5.69 Å². The lowest BCUT2D eigenvalue weighted by molar-refractivity contribution is -0.121. The van der Waals surface area contributed by atoms with E-state index in [1.54, 1.807) is 17.5 Å². The van der Waals surface area contributed by atoms with Gasteiger partial charge in [-0.25, -0.2) is 4.98 Å². The maximum atomic E-state index is 12.0. The van der Waals surface area contributed by atoms with E-state index in [4.69, 9.17) is 0 Å². The molecule has 1 fully saturated rings. The molecule has 2 aromatic heterocycles. The van der Waals surface area contributed by atoms with E-state index in [1.165, 1.54) is 12.8 Å². The van der Waals surface area contributed by atoms with Gasteiger partial charge in [-0.05, 0) is 51.4 Å². The second-order valence-electron chi connectivity index (χ2n) is 6.28. The molecule has 1 unspecified atom stereocenters. The third-order valence-electron chi connectivity index (χ3n) is 4.43. The minimum Gasteiger partial charge on any atom is -0.355 e. The van der Waals surface area contributed by atoms with Crippen molar-refractivity contribution in [2.24, 2.45) is 0 Å². The third-order valence-corrected chi connectivity index (χ3v) is 5.37. The number of thiazole rings is 1. The molecular formula is C18H24N4OS. The molecule has 0 radical (unpaired) electrons. The SMILES string of the molecule is CC(CNC(=O)CCc1csc(-c2cccnc2)n1)N1CCCC1. The first-order valence-electron chi connectivity index (χ1n) is 8.58. The summed E-state index contributed by atoms with van der Waals surface area (Å²) >= 11 is 1.60. The Kier molecular flexibility index (Phi) is 5.93. The Balaban J connectivity index is 1.42. The van der Waals surface area contributed by atoms with Crippen LogP contribution in [-0.2, 0) is 11.2 Å². The first-order chi connectivity index (χ1) is 11.7. The topological polar surface area (TPSA) is 58.1 Å². The summed E-state index contributed by atoms with van der Waals surface area (Å²) in [5.74, 6) is 0.108. The van der Waals surface area contributed by atoms with E-state index in [-0.39, 0.29) is 5.91 Å². The lowest BCUT2D eigenvalue weighted by atomic mass is 10.2. The van der Waals surface area contributed by atoms with Crippen LogP contribution in [0.2, 0.25) is 0 Å². The van der Waals surface area contributed by atoms with E-state index >= 15 is 0 Å². The Labute approximate surface area is 147 Å². The number of likely N-dealkylation sites (tertiary alicyclic amines) is 1. The monoisotopic (exact) mass is 344 g/mol. The molecule has 0 saturated carbocycles. The fraction of sp³-hybridized carbons (Fsp3) is 0.500. The van der Waals surface area contributed by atoms with E-state index in [2.05, 4.69) is 27.1 Å². The predicted octanol–water partition coefficient (Wildman–Crippen LogP) is 2.74. The zero-order chi connectivity index (χ0) is 16.8. The number of pyridine rings is 1. The zero-order valence-electron chi connectivity index (χ0n) is 14.1. The molecule has 0 aliphatic carbocycles. The number of nitrogens with one attached hydrogen (secondary N) is 1. The fourth-order valence-corrected chi connectivity index (χ4v) is 3.79. The molecule has 1 atom stereocenters. The molecule has 1 aliphatic rings. The number of amides is 1. The molecular weight excluding hydrogens is 320 g/mol. The number of aromatic nitrogens is 2. The smallest absolute Gasteiger partial charge is 0.220 e. The Morgan fingerprint density at radius 1 is 1.42 bits per heavy atom. The molecule has 3 heterocycles. The van der Waals surface area contributed by atoms with Crippen LogP contribution >= 0.6 is 11.3 Å². The van der Waals surface area contributed by atoms with Crippen LogP contribution in [0.1, 0.15) is 31.9 Å². The summed E-state index contributed by atoms with van der Waals surface area (Å²) in [4.78, 5) is 23.2. The zero-order valence-corrected chi connectivity index (χ0v) is 14.9. The van der Waals surface area contributed by atoms with Gasteiger partial charge in [-0.2, -0.15) is 0 Å². The van der Waals surface area contributed by atoms with Gasteiger partial charge in [0.2, 0.25) is 5.91 Å². The predicted molar refractivity (Wildman–Crippen MR) is 96.9 cm³/mol. The average Bonchev–Trinajstić information content (AvgIpc) is 3.30. The van der Waals surface area contributed by atoms with Gasteiger partial charge in [0.25, 0.3) is 0 Å². The van der Waals surface area contributed by atoms with Gasteiger partial charge in [-0.1, -0.05) is 0 Å². The minimum atomic E-state index is 0.108. The fourth-order valence-electron chi connectivity index (χ4n) is 2.95. The van der Waals surface area contributed by atoms with Gasteiger partial charge in [0.15, 0.2) is 0 Å². The first-order valence-corrected chi connectivity index (χ1v) is 9.46. The standard InChI is InChI=1S/C18H24N4OS/c1-14(22-9-2-3-10-22)11-20-17(23)7-6-16-13-24-18(21-16)15-5-4-8-19-12-15/h4-5,8,12-14H,2-3,6-7,9-11H2,1H3,(H,20,23). The quantitative estimate of drug-likeness (QED) is 0.839. The van der Waals surface area contributed by atoms with Crippen molar-refractivity contribution in [3.8, 4) is 10.6 Å². The van der Waals surface area contributed by atoms with Crippen LogP contribution in [0.4, 0.5) is 0 Å². The van der Waals surface area contributed by atoms with Crippen molar-refractivity contribution in [2.75, 3.05) is 19.6 Å². The van der Waals surface area contributed by atoms with Crippen LogP contribution in [0.15, 0.2) is 29.9 Å². The Morgan fingerprint density at radius 2 is 2.25 bits per heavy atom. The van der Waals surface area contributed by atoms with Gasteiger partial charge in [-0.15, -0.1) is 11.3 Å². The molecule has 0 spiro atoms. The lowest BCUT2D eigenvalue weighted by Crippen LogP contribution is -2.40. The minimum absolute atomic E-state index is 0.108. The maximum absolute atomic E-state index is 12.0. The van der Waals surface area contributed by atoms with Crippen LogP contribution in [0.25, 0.3) is 10.6 Å². The molecule has 0 bridgehead atoms. The number of hydrogen-bond donors (Lipinski definition) is 1. The molecule has 1 N–H and O–H groups in total. The highest BCUT2D eigenvalue weighted by Gasteiger charge is 2.18. The number of carbonyl (C=O) groups excluding carboxylic acids is 1. The summed E-state index contributed by atoms with van der Waals surface area (Å²) in [6.07, 6.45) is 7.30. The molecule has 0 aromatic carbocycles. The molecule has 24 heavy (non-hydrogen) atoms. The Hall–Kier alpha value is -1.79. The highest BCUT2D eigenvalue weighted by molar-refractivity contribution is 7.13. The summed E-state index contributed by atoms with van der Waals surface area (Å²) in [5.41, 5.74) is 2.00. The van der Waals surface area contributed by atoms with E-state index in [9.17, 15) is 4.79 Å². The second kappa shape index (κ2) is 8.35. The van der Waals surface area contributed by atoms with Crippen molar-refractivity contribution in [2.45, 2.75) is 38.6 Å². The third kappa shape index (κ3) is 4.61. The van der Waals surface area contributed by atoms with Crippen LogP contribution in [0.5, 0.6) is 0 Å². The number of rotatable bonds is 7. The van der Waals surface area contributed by atoms with E-state index in [1.807, 2.05) is 23.7 Å². The van der Waals surface area contributed by atoms with Crippen LogP contribution < -0.4 is 5.32 Å². The summed E-state index contributed by atoms with van der Waals surface area (Å²) in [6, 6.07) is 4.33. The van der Waals surface area contributed by atoms with Gasteiger partial charge >= 0.3 is 0 Å². The Morgan fingerprint density at radius 3 is 3.00 bits per heavy atom. The van der Waals surface area contributed by atoms with Crippen molar-refractivity contribution in [3.63, 3.8) is 0 Å². The summed E-state index contributed by atoms with van der Waals surface area (Å²) in [7, 11) is 0. The average molecular weight is 344 g/mol. The number of carbonyl (C=O) groups is 1. The molecule has 1 saturated heterocycles. The van der Waals surface area contributed by atoms with Crippen LogP contribution in [-0.4, -0.2) is 46.5 Å². The van der Waals surface area contributed by atoms with Crippen molar-refractivity contribution in [1.82, 2.24) is 20.2 Å². The maximum Gasteiger partial charge on any atom is 0.220 e. The molecule has 1 aliphatic heterocycles. The van der Waals surface area contributed by atoms with Crippen LogP contribution in [0, 0.1) is 0 Å². The molecule has 1 amide bonds. The lowest BCUT2D eigenvalue weighted by Gasteiger charge is -2.23. The molecule has 2 aromatic rings. The molecule has 3 rings (SSSR count). The van der Waals surface area contributed by atoms with Gasteiger partial charge in [0.1, 0.15) is 5.01 Å². The first kappa shape index (κ1) is 17.0. The second-order valence-corrected chi connectivity index (χ2v) is 7.14. The largest absolute Gasteiger partial charge is 0.355 e. The number of hydrogen-bond acceptors (Lipinski definition) is 5. The molecule has 128 valence electrons. The highest BCUT2D eigenvalue weighted by atomic mass is 32.1. The summed E-state index contributed by atoms with van der Waals surface area (Å²) in [5, 5.41) is 6.04. The van der Waals surface area contributed by atoms with E-state index < -0.39 is 0 Å².